The van der Waals surface area contributed by atoms with Crippen molar-refractivity contribution in [3.63, 3.8) is 0 Å². The molecular formula is C16H15FN4O3S. The second-order valence-electron chi connectivity index (χ2n) is 4.72. The van der Waals surface area contributed by atoms with Gasteiger partial charge in [0.1, 0.15) is 5.82 Å². The molecule has 0 unspecified atom stereocenters. The summed E-state index contributed by atoms with van der Waals surface area (Å²) in [6, 6.07) is 11.2. The molecule has 0 aliphatic rings. The fraction of sp³-hybridized carbons (Fsp3) is 0.0625. The van der Waals surface area contributed by atoms with Gasteiger partial charge in [0.2, 0.25) is 0 Å². The first-order valence-electron chi connectivity index (χ1n) is 7.06. The maximum atomic E-state index is 12.8. The van der Waals surface area contributed by atoms with E-state index in [0.717, 1.165) is 17.0 Å². The minimum Gasteiger partial charge on any atom is -0.318 e. The molecule has 2 rings (SSSR count). The van der Waals surface area contributed by atoms with Crippen molar-refractivity contribution < 1.29 is 18.8 Å². The summed E-state index contributed by atoms with van der Waals surface area (Å²) >= 11 is 1.56. The third kappa shape index (κ3) is 5.81. The third-order valence-electron chi connectivity index (χ3n) is 2.95. The quantitative estimate of drug-likeness (QED) is 0.383. The van der Waals surface area contributed by atoms with Crippen LogP contribution in [0.5, 0.6) is 0 Å². The molecule has 0 aromatic heterocycles. The fourth-order valence-corrected chi connectivity index (χ4v) is 2.14. The van der Waals surface area contributed by atoms with Crippen LogP contribution < -0.4 is 21.5 Å². The van der Waals surface area contributed by atoms with Crippen molar-refractivity contribution in [3.05, 3.63) is 54.3 Å². The van der Waals surface area contributed by atoms with Gasteiger partial charge in [0, 0.05) is 16.3 Å². The number of rotatable bonds is 3. The number of carbonyl (C=O) groups is 3. The zero-order chi connectivity index (χ0) is 18.2. The Kier molecular flexibility index (Phi) is 6.35. The molecule has 4 N–H and O–H groups in total. The number of thioether (sulfide) groups is 1. The van der Waals surface area contributed by atoms with Crippen molar-refractivity contribution in [3.8, 4) is 0 Å². The van der Waals surface area contributed by atoms with E-state index in [4.69, 9.17) is 0 Å². The zero-order valence-electron chi connectivity index (χ0n) is 13.1. The minimum absolute atomic E-state index is 0.250. The molecule has 0 bridgehead atoms. The SMILES string of the molecule is CSc1ccc(NC(=O)NNC(=O)C(=O)Nc2ccc(F)cc2)cc1. The number of amides is 4. The third-order valence-corrected chi connectivity index (χ3v) is 3.69. The number of urea groups is 1. The molecule has 0 spiro atoms. The Balaban J connectivity index is 1.78. The smallest absolute Gasteiger partial charge is 0.318 e. The van der Waals surface area contributed by atoms with E-state index in [-0.39, 0.29) is 5.69 Å². The Bertz CT molecular complexity index is 766. The maximum absolute atomic E-state index is 12.8. The van der Waals surface area contributed by atoms with Gasteiger partial charge in [-0.25, -0.2) is 14.6 Å². The van der Waals surface area contributed by atoms with Crippen LogP contribution in [0.2, 0.25) is 0 Å². The maximum Gasteiger partial charge on any atom is 0.337 e. The summed E-state index contributed by atoms with van der Waals surface area (Å²) < 4.78 is 12.8. The average Bonchev–Trinajstić information content (AvgIpc) is 2.62. The molecule has 0 atom stereocenters. The molecule has 0 aliphatic heterocycles. The highest BCUT2D eigenvalue weighted by atomic mass is 32.2. The standard InChI is InChI=1S/C16H15FN4O3S/c1-25-13-8-6-12(7-9-13)19-16(24)21-20-15(23)14(22)18-11-4-2-10(17)3-5-11/h2-9H,1H3,(H,18,22)(H,20,23)(H2,19,21,24). The molecule has 0 radical (unpaired) electrons. The first-order chi connectivity index (χ1) is 12.0. The molecule has 2 aromatic rings. The van der Waals surface area contributed by atoms with Crippen molar-refractivity contribution in [1.82, 2.24) is 10.9 Å². The summed E-state index contributed by atoms with van der Waals surface area (Å²) in [5, 5.41) is 4.76. The predicted octanol–water partition coefficient (Wildman–Crippen LogP) is 2.34. The number of carbonyl (C=O) groups excluding carboxylic acids is 3. The zero-order valence-corrected chi connectivity index (χ0v) is 13.9. The first kappa shape index (κ1) is 18.3. The van der Waals surface area contributed by atoms with Crippen molar-refractivity contribution in [2.45, 2.75) is 4.90 Å². The Morgan fingerprint density at radius 1 is 0.800 bits per heavy atom. The summed E-state index contributed by atoms with van der Waals surface area (Å²) in [5.41, 5.74) is 4.80. The molecule has 0 saturated carbocycles. The van der Waals surface area contributed by atoms with Gasteiger partial charge in [0.15, 0.2) is 0 Å². The molecule has 7 nitrogen and oxygen atoms in total. The van der Waals surface area contributed by atoms with Crippen LogP contribution in [-0.4, -0.2) is 24.1 Å². The van der Waals surface area contributed by atoms with Crippen LogP contribution in [0.25, 0.3) is 0 Å². The summed E-state index contributed by atoms with van der Waals surface area (Å²) in [4.78, 5) is 36.0. The average molecular weight is 362 g/mol. The molecule has 2 aromatic carbocycles. The molecule has 4 amide bonds. The fourth-order valence-electron chi connectivity index (χ4n) is 1.73. The Morgan fingerprint density at radius 2 is 1.36 bits per heavy atom. The molecule has 0 heterocycles. The number of anilines is 2. The summed E-state index contributed by atoms with van der Waals surface area (Å²) in [6.45, 7) is 0. The lowest BCUT2D eigenvalue weighted by Crippen LogP contribution is -2.48. The van der Waals surface area contributed by atoms with Crippen LogP contribution in [0.15, 0.2) is 53.4 Å². The van der Waals surface area contributed by atoms with Crippen LogP contribution in [-0.2, 0) is 9.59 Å². The topological polar surface area (TPSA) is 99.3 Å². The first-order valence-corrected chi connectivity index (χ1v) is 8.28. The van der Waals surface area contributed by atoms with E-state index in [0.29, 0.717) is 5.69 Å². The monoisotopic (exact) mass is 362 g/mol. The van der Waals surface area contributed by atoms with Gasteiger partial charge in [-0.1, -0.05) is 0 Å². The predicted molar refractivity (Wildman–Crippen MR) is 93.5 cm³/mol. The number of nitrogens with one attached hydrogen (secondary N) is 4. The van der Waals surface area contributed by atoms with Crippen molar-refractivity contribution >= 4 is 41.0 Å². The van der Waals surface area contributed by atoms with Gasteiger partial charge in [-0.2, -0.15) is 0 Å². The highest BCUT2D eigenvalue weighted by Crippen LogP contribution is 2.17. The van der Waals surface area contributed by atoms with Gasteiger partial charge in [-0.3, -0.25) is 15.0 Å². The van der Waals surface area contributed by atoms with Crippen LogP contribution in [0.3, 0.4) is 0 Å². The normalized spacial score (nSPS) is 9.84. The summed E-state index contributed by atoms with van der Waals surface area (Å²) in [7, 11) is 0. The Hall–Kier alpha value is -3.07. The lowest BCUT2D eigenvalue weighted by molar-refractivity contribution is -0.136. The van der Waals surface area contributed by atoms with Crippen molar-refractivity contribution in [1.29, 1.82) is 0 Å². The van der Waals surface area contributed by atoms with Gasteiger partial charge >= 0.3 is 17.8 Å². The lowest BCUT2D eigenvalue weighted by Gasteiger charge is -2.09. The van der Waals surface area contributed by atoms with E-state index in [1.807, 2.05) is 23.8 Å². The highest BCUT2D eigenvalue weighted by Gasteiger charge is 2.14. The number of hydrogen-bond acceptors (Lipinski definition) is 4. The number of hydrogen-bond donors (Lipinski definition) is 4. The minimum atomic E-state index is -1.07. The largest absolute Gasteiger partial charge is 0.337 e. The van der Waals surface area contributed by atoms with E-state index >= 15 is 0 Å². The number of hydrazine groups is 1. The van der Waals surface area contributed by atoms with Crippen LogP contribution in [0.1, 0.15) is 0 Å². The molecule has 0 fully saturated rings. The van der Waals surface area contributed by atoms with Crippen LogP contribution >= 0.6 is 11.8 Å². The molecular weight excluding hydrogens is 347 g/mol. The van der Waals surface area contributed by atoms with Gasteiger partial charge < -0.3 is 10.6 Å². The van der Waals surface area contributed by atoms with Gasteiger partial charge in [-0.15, -0.1) is 11.8 Å². The number of halogens is 1. The van der Waals surface area contributed by atoms with E-state index in [2.05, 4.69) is 16.1 Å². The molecule has 130 valence electrons. The van der Waals surface area contributed by atoms with E-state index in [9.17, 15) is 18.8 Å². The summed E-state index contributed by atoms with van der Waals surface area (Å²) in [5.74, 6) is -2.54. The number of benzene rings is 2. The summed E-state index contributed by atoms with van der Waals surface area (Å²) in [6.07, 6.45) is 1.93. The van der Waals surface area contributed by atoms with E-state index in [1.165, 1.54) is 12.1 Å². The van der Waals surface area contributed by atoms with Crippen molar-refractivity contribution in [2.24, 2.45) is 0 Å². The highest BCUT2D eigenvalue weighted by molar-refractivity contribution is 7.98. The molecule has 0 saturated heterocycles. The molecule has 9 heteroatoms. The van der Waals surface area contributed by atoms with Crippen LogP contribution in [0, 0.1) is 5.82 Å². The molecule has 0 aliphatic carbocycles. The lowest BCUT2D eigenvalue weighted by atomic mass is 10.3. The van der Waals surface area contributed by atoms with Gasteiger partial charge in [-0.05, 0) is 54.8 Å². The van der Waals surface area contributed by atoms with E-state index in [1.54, 1.807) is 23.9 Å². The van der Waals surface area contributed by atoms with Gasteiger partial charge in [0.25, 0.3) is 0 Å². The van der Waals surface area contributed by atoms with Crippen molar-refractivity contribution in [2.75, 3.05) is 16.9 Å². The molecule has 25 heavy (non-hydrogen) atoms. The van der Waals surface area contributed by atoms with Gasteiger partial charge in [0.05, 0.1) is 0 Å². The van der Waals surface area contributed by atoms with Crippen LogP contribution in [0.4, 0.5) is 20.6 Å². The Morgan fingerprint density at radius 3 is 1.96 bits per heavy atom. The van der Waals surface area contributed by atoms with E-state index < -0.39 is 23.7 Å². The second-order valence-corrected chi connectivity index (χ2v) is 5.60. The Labute approximate surface area is 147 Å². The second kappa shape index (κ2) is 8.69.